The lowest BCUT2D eigenvalue weighted by Crippen LogP contribution is -2.45. The lowest BCUT2D eigenvalue weighted by molar-refractivity contribution is -0.122. The molecule has 1 aromatic carbocycles. The summed E-state index contributed by atoms with van der Waals surface area (Å²) in [6.45, 7) is 5.18. The molecule has 1 heterocycles. The average Bonchev–Trinajstić information content (AvgIpc) is 2.49. The third kappa shape index (κ3) is 7.10. The van der Waals surface area contributed by atoms with E-state index in [1.165, 1.54) is 12.1 Å². The molecule has 1 amide bonds. The first-order chi connectivity index (χ1) is 10.5. The highest BCUT2D eigenvalue weighted by molar-refractivity contribution is 7.99. The van der Waals surface area contributed by atoms with Crippen LogP contribution in [0.5, 0.6) is 0 Å². The zero-order valence-corrected chi connectivity index (χ0v) is 15.3. The predicted octanol–water partition coefficient (Wildman–Crippen LogP) is 3.03. The third-order valence-corrected chi connectivity index (χ3v) is 5.08. The van der Waals surface area contributed by atoms with Gasteiger partial charge in [-0.2, -0.15) is 11.8 Å². The summed E-state index contributed by atoms with van der Waals surface area (Å²) in [5.41, 5.74) is 1.05. The second-order valence-corrected chi connectivity index (χ2v) is 7.33. The number of halogens is 2. The maximum Gasteiger partial charge on any atom is 0.221 e. The van der Waals surface area contributed by atoms with Crippen molar-refractivity contribution >= 4 is 30.1 Å². The summed E-state index contributed by atoms with van der Waals surface area (Å²) in [6, 6.07) is 6.87. The third-order valence-electron chi connectivity index (χ3n) is 3.95. The molecule has 0 bridgehead atoms. The molecule has 2 atom stereocenters. The largest absolute Gasteiger partial charge is 0.353 e. The fourth-order valence-corrected chi connectivity index (χ4v) is 3.52. The maximum atomic E-state index is 13.0. The van der Waals surface area contributed by atoms with Crippen molar-refractivity contribution in [3.63, 3.8) is 0 Å². The first kappa shape index (κ1) is 20.3. The Labute approximate surface area is 148 Å². The van der Waals surface area contributed by atoms with E-state index in [1.54, 1.807) is 12.1 Å². The normalized spacial score (nSPS) is 19.0. The van der Waals surface area contributed by atoms with Crippen LogP contribution in [-0.4, -0.2) is 36.0 Å². The van der Waals surface area contributed by atoms with Crippen molar-refractivity contribution < 1.29 is 9.18 Å². The molecule has 0 aliphatic carbocycles. The standard InChI is InChI=1S/C17H25FN2OS.ClH/c1-12(2)16(9-13-3-5-14(18)6-4-13)20-17(21)10-15-11-22-8-7-19-15;/h3-6,12,15-16,19H,7-11H2,1-2H3,(H,20,21);1H. The van der Waals surface area contributed by atoms with Crippen LogP contribution >= 0.6 is 24.2 Å². The van der Waals surface area contributed by atoms with Crippen molar-refractivity contribution in [3.8, 4) is 0 Å². The molecule has 0 saturated carbocycles. The van der Waals surface area contributed by atoms with Crippen LogP contribution in [0.1, 0.15) is 25.8 Å². The van der Waals surface area contributed by atoms with Gasteiger partial charge in [0, 0.05) is 36.6 Å². The number of nitrogens with one attached hydrogen (secondary N) is 2. The molecule has 1 aromatic rings. The number of hydrogen-bond donors (Lipinski definition) is 2. The molecule has 3 nitrogen and oxygen atoms in total. The topological polar surface area (TPSA) is 41.1 Å². The average molecular weight is 361 g/mol. The van der Waals surface area contributed by atoms with Crippen LogP contribution in [0.2, 0.25) is 0 Å². The Balaban J connectivity index is 0.00000264. The first-order valence-electron chi connectivity index (χ1n) is 7.89. The van der Waals surface area contributed by atoms with E-state index >= 15 is 0 Å². The molecule has 2 rings (SSSR count). The molecule has 130 valence electrons. The maximum absolute atomic E-state index is 13.0. The molecule has 6 heteroatoms. The van der Waals surface area contributed by atoms with Gasteiger partial charge in [-0.3, -0.25) is 4.79 Å². The summed E-state index contributed by atoms with van der Waals surface area (Å²) < 4.78 is 13.0. The van der Waals surface area contributed by atoms with Crippen molar-refractivity contribution in [2.24, 2.45) is 5.92 Å². The van der Waals surface area contributed by atoms with Crippen LogP contribution in [0.3, 0.4) is 0 Å². The van der Waals surface area contributed by atoms with Gasteiger partial charge >= 0.3 is 0 Å². The van der Waals surface area contributed by atoms with Gasteiger partial charge in [-0.25, -0.2) is 4.39 Å². The summed E-state index contributed by atoms with van der Waals surface area (Å²) >= 11 is 1.90. The van der Waals surface area contributed by atoms with Crippen LogP contribution < -0.4 is 10.6 Å². The Morgan fingerprint density at radius 3 is 2.65 bits per heavy atom. The van der Waals surface area contributed by atoms with E-state index in [0.29, 0.717) is 12.3 Å². The van der Waals surface area contributed by atoms with E-state index in [-0.39, 0.29) is 36.2 Å². The van der Waals surface area contributed by atoms with Gasteiger partial charge in [0.15, 0.2) is 0 Å². The molecular formula is C17H26ClFN2OS. The SMILES string of the molecule is CC(C)C(Cc1ccc(F)cc1)NC(=O)CC1CSCCN1.Cl. The molecule has 1 fully saturated rings. The molecule has 1 aliphatic rings. The Bertz CT molecular complexity index is 478. The minimum Gasteiger partial charge on any atom is -0.353 e. The van der Waals surface area contributed by atoms with Gasteiger partial charge in [-0.15, -0.1) is 12.4 Å². The molecular weight excluding hydrogens is 335 g/mol. The van der Waals surface area contributed by atoms with Crippen LogP contribution in [-0.2, 0) is 11.2 Å². The highest BCUT2D eigenvalue weighted by atomic mass is 35.5. The Hall–Kier alpha value is -0.780. The number of hydrogen-bond acceptors (Lipinski definition) is 3. The van der Waals surface area contributed by atoms with E-state index in [1.807, 2.05) is 11.8 Å². The second-order valence-electron chi connectivity index (χ2n) is 6.18. The highest BCUT2D eigenvalue weighted by Crippen LogP contribution is 2.13. The fourth-order valence-electron chi connectivity index (χ4n) is 2.57. The minimum absolute atomic E-state index is 0. The number of carbonyl (C=O) groups excluding carboxylic acids is 1. The van der Waals surface area contributed by atoms with Crippen molar-refractivity contribution in [2.45, 2.75) is 38.8 Å². The van der Waals surface area contributed by atoms with Crippen LogP contribution in [0.25, 0.3) is 0 Å². The number of rotatable bonds is 6. The molecule has 23 heavy (non-hydrogen) atoms. The summed E-state index contributed by atoms with van der Waals surface area (Å²) in [7, 11) is 0. The molecule has 2 N–H and O–H groups in total. The zero-order chi connectivity index (χ0) is 15.9. The predicted molar refractivity (Wildman–Crippen MR) is 97.9 cm³/mol. The van der Waals surface area contributed by atoms with Gasteiger partial charge in [0.25, 0.3) is 0 Å². The van der Waals surface area contributed by atoms with Gasteiger partial charge in [0.1, 0.15) is 5.82 Å². The van der Waals surface area contributed by atoms with E-state index in [0.717, 1.165) is 30.0 Å². The van der Waals surface area contributed by atoms with Crippen molar-refractivity contribution in [1.29, 1.82) is 0 Å². The Morgan fingerprint density at radius 2 is 2.09 bits per heavy atom. The number of thioether (sulfide) groups is 1. The van der Waals surface area contributed by atoms with Crippen molar-refractivity contribution in [2.75, 3.05) is 18.1 Å². The molecule has 0 aromatic heterocycles. The van der Waals surface area contributed by atoms with E-state index < -0.39 is 0 Å². The highest BCUT2D eigenvalue weighted by Gasteiger charge is 2.21. The number of amides is 1. The van der Waals surface area contributed by atoms with Gasteiger partial charge in [-0.05, 0) is 30.0 Å². The second kappa shape index (κ2) is 10.2. The molecule has 1 aliphatic heterocycles. The first-order valence-corrected chi connectivity index (χ1v) is 9.05. The number of carbonyl (C=O) groups is 1. The van der Waals surface area contributed by atoms with Crippen molar-refractivity contribution in [1.82, 2.24) is 10.6 Å². The van der Waals surface area contributed by atoms with E-state index in [4.69, 9.17) is 0 Å². The monoisotopic (exact) mass is 360 g/mol. The molecule has 1 saturated heterocycles. The lowest BCUT2D eigenvalue weighted by Gasteiger charge is -2.26. The van der Waals surface area contributed by atoms with Crippen LogP contribution in [0.4, 0.5) is 4.39 Å². The van der Waals surface area contributed by atoms with Gasteiger partial charge in [0.05, 0.1) is 0 Å². The smallest absolute Gasteiger partial charge is 0.221 e. The molecule has 0 spiro atoms. The Morgan fingerprint density at radius 1 is 1.39 bits per heavy atom. The zero-order valence-electron chi connectivity index (χ0n) is 13.7. The van der Waals surface area contributed by atoms with E-state index in [9.17, 15) is 9.18 Å². The van der Waals surface area contributed by atoms with Gasteiger partial charge in [-0.1, -0.05) is 26.0 Å². The molecule has 2 unspecified atom stereocenters. The Kier molecular flexibility index (Phi) is 8.95. The lowest BCUT2D eigenvalue weighted by atomic mass is 9.96. The summed E-state index contributed by atoms with van der Waals surface area (Å²) in [4.78, 5) is 12.3. The quantitative estimate of drug-likeness (QED) is 0.819. The fraction of sp³-hybridized carbons (Fsp3) is 0.588. The summed E-state index contributed by atoms with van der Waals surface area (Å²) in [6.07, 6.45) is 1.26. The summed E-state index contributed by atoms with van der Waals surface area (Å²) in [5.74, 6) is 2.33. The van der Waals surface area contributed by atoms with Crippen LogP contribution in [0, 0.1) is 11.7 Å². The van der Waals surface area contributed by atoms with Gasteiger partial charge in [0.2, 0.25) is 5.91 Å². The van der Waals surface area contributed by atoms with Gasteiger partial charge < -0.3 is 10.6 Å². The summed E-state index contributed by atoms with van der Waals surface area (Å²) in [5, 5.41) is 6.53. The van der Waals surface area contributed by atoms with Crippen molar-refractivity contribution in [3.05, 3.63) is 35.6 Å². The minimum atomic E-state index is -0.227. The van der Waals surface area contributed by atoms with E-state index in [2.05, 4.69) is 24.5 Å². The number of benzene rings is 1. The van der Waals surface area contributed by atoms with Crippen LogP contribution in [0.15, 0.2) is 24.3 Å². The molecule has 0 radical (unpaired) electrons.